The molecular weight excluding hydrogens is 310 g/mol. The standard InChI is InChI=1S/C17H13N3O4/c1-19-15(11-2-4-12(5-3-11)16(21)22)10-20(18-19)14-8-6-13(7-9-14)17(23)24/h2-10H,1H3,(H-,21,22,23,24)/p+1. The van der Waals surface area contributed by atoms with Crippen molar-refractivity contribution in [3.63, 3.8) is 0 Å². The van der Waals surface area contributed by atoms with Crippen molar-refractivity contribution in [1.82, 2.24) is 9.90 Å². The van der Waals surface area contributed by atoms with E-state index in [1.807, 2.05) is 0 Å². The second-order valence-electron chi connectivity index (χ2n) is 5.21. The van der Waals surface area contributed by atoms with Crippen LogP contribution < -0.4 is 4.68 Å². The van der Waals surface area contributed by atoms with Gasteiger partial charge >= 0.3 is 11.9 Å². The van der Waals surface area contributed by atoms with Crippen molar-refractivity contribution in [2.24, 2.45) is 7.05 Å². The smallest absolute Gasteiger partial charge is 0.335 e. The first kappa shape index (κ1) is 15.4. The van der Waals surface area contributed by atoms with Gasteiger partial charge in [0.1, 0.15) is 7.05 Å². The predicted octanol–water partition coefficient (Wildman–Crippen LogP) is 1.76. The van der Waals surface area contributed by atoms with Gasteiger partial charge in [-0.15, -0.1) is 9.36 Å². The van der Waals surface area contributed by atoms with Crippen molar-refractivity contribution in [3.8, 4) is 16.9 Å². The van der Waals surface area contributed by atoms with Crippen molar-refractivity contribution >= 4 is 11.9 Å². The molecule has 7 nitrogen and oxygen atoms in total. The second-order valence-corrected chi connectivity index (χ2v) is 5.21. The molecule has 1 aromatic heterocycles. The Kier molecular flexibility index (Phi) is 3.83. The normalized spacial score (nSPS) is 10.5. The maximum absolute atomic E-state index is 10.9. The summed E-state index contributed by atoms with van der Waals surface area (Å²) in [7, 11) is 1.78. The first-order chi connectivity index (χ1) is 11.5. The summed E-state index contributed by atoms with van der Waals surface area (Å²) in [6.07, 6.45) is 1.80. The summed E-state index contributed by atoms with van der Waals surface area (Å²) in [5, 5.41) is 22.2. The van der Waals surface area contributed by atoms with E-state index in [2.05, 4.69) is 5.21 Å². The van der Waals surface area contributed by atoms with E-state index >= 15 is 0 Å². The monoisotopic (exact) mass is 324 g/mol. The summed E-state index contributed by atoms with van der Waals surface area (Å²) in [5.41, 5.74) is 2.78. The number of carboxylic acid groups (broad SMARTS) is 2. The molecular formula is C17H14N3O4+. The highest BCUT2D eigenvalue weighted by Crippen LogP contribution is 2.17. The van der Waals surface area contributed by atoms with Crippen LogP contribution in [0, 0.1) is 0 Å². The van der Waals surface area contributed by atoms with Gasteiger partial charge in [-0.3, -0.25) is 0 Å². The molecule has 2 N–H and O–H groups in total. The molecule has 0 fully saturated rings. The van der Waals surface area contributed by atoms with Crippen LogP contribution in [0.5, 0.6) is 0 Å². The quantitative estimate of drug-likeness (QED) is 0.713. The molecule has 0 amide bonds. The Labute approximate surface area is 137 Å². The molecule has 0 spiro atoms. The maximum atomic E-state index is 10.9. The molecule has 1 heterocycles. The van der Waals surface area contributed by atoms with Gasteiger partial charge in [-0.2, -0.15) is 0 Å². The number of carboxylic acids is 2. The van der Waals surface area contributed by atoms with E-state index in [0.29, 0.717) is 0 Å². The summed E-state index contributed by atoms with van der Waals surface area (Å²) >= 11 is 0. The number of aryl methyl sites for hydroxylation is 1. The predicted molar refractivity (Wildman–Crippen MR) is 84.1 cm³/mol. The number of rotatable bonds is 4. The number of aromatic nitrogens is 3. The molecule has 120 valence electrons. The van der Waals surface area contributed by atoms with Crippen molar-refractivity contribution in [2.75, 3.05) is 0 Å². The Bertz CT molecular complexity index is 912. The molecule has 0 unspecified atom stereocenters. The van der Waals surface area contributed by atoms with Crippen LogP contribution >= 0.6 is 0 Å². The lowest BCUT2D eigenvalue weighted by atomic mass is 10.1. The minimum Gasteiger partial charge on any atom is -0.478 e. The topological polar surface area (TPSA) is 96.3 Å². The molecule has 0 atom stereocenters. The van der Waals surface area contributed by atoms with Gasteiger partial charge in [0.05, 0.1) is 16.3 Å². The minimum atomic E-state index is -0.980. The summed E-state index contributed by atoms with van der Waals surface area (Å²) < 4.78 is 3.30. The Morgan fingerprint density at radius 3 is 1.92 bits per heavy atom. The molecule has 0 aliphatic rings. The van der Waals surface area contributed by atoms with Crippen LogP contribution in [0.25, 0.3) is 16.9 Å². The third-order valence-electron chi connectivity index (χ3n) is 3.63. The van der Waals surface area contributed by atoms with Crippen molar-refractivity contribution in [1.29, 1.82) is 0 Å². The summed E-state index contributed by atoms with van der Waals surface area (Å²) in [6, 6.07) is 12.9. The van der Waals surface area contributed by atoms with E-state index in [9.17, 15) is 9.59 Å². The lowest BCUT2D eigenvalue weighted by molar-refractivity contribution is -0.721. The van der Waals surface area contributed by atoms with E-state index in [0.717, 1.165) is 16.9 Å². The third-order valence-corrected chi connectivity index (χ3v) is 3.63. The van der Waals surface area contributed by atoms with Crippen LogP contribution in [0.3, 0.4) is 0 Å². The van der Waals surface area contributed by atoms with Gasteiger partial charge in [0.25, 0.3) is 0 Å². The number of carbonyl (C=O) groups is 2. The Hall–Kier alpha value is -3.48. The van der Waals surface area contributed by atoms with Crippen LogP contribution in [-0.4, -0.2) is 32.0 Å². The molecule has 3 aromatic rings. The fourth-order valence-corrected chi connectivity index (χ4v) is 2.35. The summed E-state index contributed by atoms with van der Waals surface area (Å²) in [4.78, 5) is 21.8. The Balaban J connectivity index is 1.95. The van der Waals surface area contributed by atoms with E-state index in [4.69, 9.17) is 10.2 Å². The number of hydrogen-bond acceptors (Lipinski definition) is 3. The molecule has 0 saturated heterocycles. The van der Waals surface area contributed by atoms with Gasteiger partial charge in [0.2, 0.25) is 0 Å². The lowest BCUT2D eigenvalue weighted by Crippen LogP contribution is -2.33. The third kappa shape index (κ3) is 2.87. The highest BCUT2D eigenvalue weighted by atomic mass is 16.4. The van der Waals surface area contributed by atoms with Gasteiger partial charge in [-0.05, 0) is 48.5 Å². The fourth-order valence-electron chi connectivity index (χ4n) is 2.35. The molecule has 3 rings (SSSR count). The van der Waals surface area contributed by atoms with E-state index < -0.39 is 11.9 Å². The first-order valence-electron chi connectivity index (χ1n) is 7.09. The molecule has 24 heavy (non-hydrogen) atoms. The van der Waals surface area contributed by atoms with Crippen LogP contribution in [-0.2, 0) is 7.05 Å². The lowest BCUT2D eigenvalue weighted by Gasteiger charge is -1.97. The van der Waals surface area contributed by atoms with Crippen LogP contribution in [0.1, 0.15) is 20.7 Å². The number of nitrogens with zero attached hydrogens (tertiary/aromatic N) is 3. The molecule has 0 saturated carbocycles. The maximum Gasteiger partial charge on any atom is 0.335 e. The van der Waals surface area contributed by atoms with Crippen molar-refractivity contribution in [3.05, 3.63) is 65.9 Å². The van der Waals surface area contributed by atoms with E-state index in [1.54, 1.807) is 46.9 Å². The first-order valence-corrected chi connectivity index (χ1v) is 7.09. The van der Waals surface area contributed by atoms with Gasteiger partial charge in [0.15, 0.2) is 17.6 Å². The van der Waals surface area contributed by atoms with E-state index in [-0.39, 0.29) is 11.1 Å². The molecule has 2 aromatic carbocycles. The largest absolute Gasteiger partial charge is 0.478 e. The van der Waals surface area contributed by atoms with Crippen molar-refractivity contribution in [2.45, 2.75) is 0 Å². The Morgan fingerprint density at radius 1 is 0.917 bits per heavy atom. The number of aromatic carboxylic acids is 2. The molecule has 0 radical (unpaired) electrons. The number of benzene rings is 2. The van der Waals surface area contributed by atoms with Gasteiger partial charge in [-0.25, -0.2) is 9.59 Å². The molecule has 0 bridgehead atoms. The SMILES string of the molecule is C[n+]1nn(-c2ccc(C(=O)O)cc2)cc1-c1ccc(C(=O)O)cc1. The molecule has 7 heteroatoms. The fraction of sp³-hybridized carbons (Fsp3) is 0.0588. The highest BCUT2D eigenvalue weighted by Gasteiger charge is 2.17. The van der Waals surface area contributed by atoms with Gasteiger partial charge < -0.3 is 10.2 Å². The average molecular weight is 324 g/mol. The van der Waals surface area contributed by atoms with Crippen LogP contribution in [0.2, 0.25) is 0 Å². The summed E-state index contributed by atoms with van der Waals surface area (Å²) in [5.74, 6) is -1.95. The molecule has 0 aliphatic heterocycles. The van der Waals surface area contributed by atoms with Crippen LogP contribution in [0.15, 0.2) is 54.7 Å². The zero-order valence-corrected chi connectivity index (χ0v) is 12.7. The summed E-state index contributed by atoms with van der Waals surface area (Å²) in [6.45, 7) is 0. The van der Waals surface area contributed by atoms with Gasteiger partial charge in [0, 0.05) is 5.56 Å². The Morgan fingerprint density at radius 2 is 1.42 bits per heavy atom. The second kappa shape index (κ2) is 5.96. The van der Waals surface area contributed by atoms with E-state index in [1.165, 1.54) is 24.3 Å². The van der Waals surface area contributed by atoms with Crippen LogP contribution in [0.4, 0.5) is 0 Å². The average Bonchev–Trinajstić information content (AvgIpc) is 2.97. The highest BCUT2D eigenvalue weighted by molar-refractivity contribution is 5.88. The molecule has 0 aliphatic carbocycles. The van der Waals surface area contributed by atoms with Gasteiger partial charge in [-0.1, -0.05) is 0 Å². The zero-order chi connectivity index (χ0) is 17.3. The minimum absolute atomic E-state index is 0.208. The van der Waals surface area contributed by atoms with Crippen molar-refractivity contribution < 1.29 is 24.5 Å². The number of hydrogen-bond donors (Lipinski definition) is 2. The zero-order valence-electron chi connectivity index (χ0n) is 12.7.